The molecule has 0 spiro atoms. The van der Waals surface area contributed by atoms with Crippen LogP contribution in [-0.4, -0.2) is 4.98 Å². The van der Waals surface area contributed by atoms with Gasteiger partial charge in [0.1, 0.15) is 0 Å². The van der Waals surface area contributed by atoms with Crippen LogP contribution in [-0.2, 0) is 0 Å². The van der Waals surface area contributed by atoms with E-state index in [1.165, 1.54) is 5.57 Å². The van der Waals surface area contributed by atoms with Crippen molar-refractivity contribution in [2.24, 2.45) is 0 Å². The summed E-state index contributed by atoms with van der Waals surface area (Å²) >= 11 is 3.34. The van der Waals surface area contributed by atoms with Crippen molar-refractivity contribution in [3.63, 3.8) is 0 Å². The summed E-state index contributed by atoms with van der Waals surface area (Å²) in [4.78, 5) is 5.85. The van der Waals surface area contributed by atoms with Gasteiger partial charge in [-0.25, -0.2) is 4.98 Å². The number of allylic oxidation sites excluding steroid dienone is 6. The molecule has 0 saturated heterocycles. The second-order valence-electron chi connectivity index (χ2n) is 4.36. The van der Waals surface area contributed by atoms with Gasteiger partial charge in [-0.05, 0) is 30.7 Å². The van der Waals surface area contributed by atoms with Gasteiger partial charge < -0.3 is 5.73 Å². The Kier molecular flexibility index (Phi) is 4.04. The van der Waals surface area contributed by atoms with Crippen LogP contribution in [0.15, 0.2) is 69.3 Å². The molecule has 20 heavy (non-hydrogen) atoms. The van der Waals surface area contributed by atoms with E-state index in [1.54, 1.807) is 23.1 Å². The predicted molar refractivity (Wildman–Crippen MR) is 88.0 cm³/mol. The maximum atomic E-state index is 5.69. The van der Waals surface area contributed by atoms with E-state index < -0.39 is 0 Å². The van der Waals surface area contributed by atoms with Gasteiger partial charge in [-0.15, -0.1) is 11.3 Å². The van der Waals surface area contributed by atoms with E-state index in [1.807, 2.05) is 24.3 Å². The number of hydrogen-bond acceptors (Lipinski definition) is 4. The summed E-state index contributed by atoms with van der Waals surface area (Å²) < 4.78 is 1.05. The second-order valence-corrected chi connectivity index (χ2v) is 6.54. The van der Waals surface area contributed by atoms with E-state index in [2.05, 4.69) is 35.8 Å². The quantitative estimate of drug-likeness (QED) is 0.829. The summed E-state index contributed by atoms with van der Waals surface area (Å²) in [6.45, 7) is 0. The summed E-state index contributed by atoms with van der Waals surface area (Å²) in [6.07, 6.45) is 11.6. The SMILES string of the molecule is Nc1ccc(Sc2nc(C3=CC=CCC=C3)cs2)cc1. The molecule has 1 aromatic heterocycles. The van der Waals surface area contributed by atoms with Gasteiger partial charge in [-0.3, -0.25) is 0 Å². The van der Waals surface area contributed by atoms with Crippen LogP contribution in [0.25, 0.3) is 5.57 Å². The first-order valence-corrected chi connectivity index (χ1v) is 8.03. The number of hydrogen-bond donors (Lipinski definition) is 1. The van der Waals surface area contributed by atoms with E-state index in [0.29, 0.717) is 0 Å². The topological polar surface area (TPSA) is 38.9 Å². The molecule has 0 saturated carbocycles. The number of nitrogens with two attached hydrogens (primary N) is 1. The highest BCUT2D eigenvalue weighted by atomic mass is 32.2. The van der Waals surface area contributed by atoms with Crippen LogP contribution in [0.1, 0.15) is 12.1 Å². The Morgan fingerprint density at radius 1 is 1.15 bits per heavy atom. The van der Waals surface area contributed by atoms with Crippen LogP contribution in [0.3, 0.4) is 0 Å². The number of nitrogen functional groups attached to an aromatic ring is 1. The zero-order valence-electron chi connectivity index (χ0n) is 10.8. The molecular formula is C16H14N2S2. The highest BCUT2D eigenvalue weighted by Gasteiger charge is 2.07. The molecule has 2 aromatic rings. The van der Waals surface area contributed by atoms with Crippen molar-refractivity contribution < 1.29 is 0 Å². The van der Waals surface area contributed by atoms with Gasteiger partial charge in [-0.2, -0.15) is 0 Å². The van der Waals surface area contributed by atoms with Crippen molar-refractivity contribution in [1.82, 2.24) is 4.98 Å². The molecule has 0 amide bonds. The second kappa shape index (κ2) is 6.11. The summed E-state index contributed by atoms with van der Waals surface area (Å²) in [5.74, 6) is 0. The third-order valence-corrected chi connectivity index (χ3v) is 4.79. The van der Waals surface area contributed by atoms with Gasteiger partial charge in [0.25, 0.3) is 0 Å². The summed E-state index contributed by atoms with van der Waals surface area (Å²) in [5, 5.41) is 2.11. The van der Waals surface area contributed by atoms with Crippen LogP contribution in [0.4, 0.5) is 5.69 Å². The standard InChI is InChI=1S/C16H14N2S2/c17-13-7-9-14(10-8-13)20-16-18-15(11-19-16)12-5-3-1-2-4-6-12/h1,3-11H,2,17H2. The molecule has 1 aliphatic rings. The molecule has 1 heterocycles. The molecule has 2 nitrogen and oxygen atoms in total. The highest BCUT2D eigenvalue weighted by Crippen LogP contribution is 2.32. The van der Waals surface area contributed by atoms with Gasteiger partial charge in [0.05, 0.1) is 5.69 Å². The average Bonchev–Trinajstić information content (AvgIpc) is 2.74. The van der Waals surface area contributed by atoms with E-state index in [4.69, 9.17) is 10.7 Å². The average molecular weight is 298 g/mol. The molecule has 4 heteroatoms. The van der Waals surface area contributed by atoms with Gasteiger partial charge in [0, 0.05) is 21.5 Å². The third-order valence-electron chi connectivity index (χ3n) is 2.85. The van der Waals surface area contributed by atoms with Crippen molar-refractivity contribution >= 4 is 34.4 Å². The van der Waals surface area contributed by atoms with E-state index in [-0.39, 0.29) is 0 Å². The van der Waals surface area contributed by atoms with Crippen molar-refractivity contribution in [1.29, 1.82) is 0 Å². The Bertz CT molecular complexity index is 679. The number of anilines is 1. The first-order valence-electron chi connectivity index (χ1n) is 6.34. The molecule has 0 bridgehead atoms. The third kappa shape index (κ3) is 3.21. The Labute approximate surface area is 126 Å². The molecule has 1 aromatic carbocycles. The van der Waals surface area contributed by atoms with Gasteiger partial charge in [0.15, 0.2) is 4.34 Å². The van der Waals surface area contributed by atoms with Crippen LogP contribution < -0.4 is 5.73 Å². The van der Waals surface area contributed by atoms with E-state index >= 15 is 0 Å². The molecule has 1 aliphatic carbocycles. The maximum Gasteiger partial charge on any atom is 0.155 e. The molecule has 0 radical (unpaired) electrons. The Balaban J connectivity index is 1.78. The van der Waals surface area contributed by atoms with Crippen molar-refractivity contribution in [3.8, 4) is 0 Å². The van der Waals surface area contributed by atoms with Crippen LogP contribution in [0.2, 0.25) is 0 Å². The lowest BCUT2D eigenvalue weighted by Crippen LogP contribution is -1.83. The molecule has 0 atom stereocenters. The van der Waals surface area contributed by atoms with E-state index in [0.717, 1.165) is 27.0 Å². The first-order chi connectivity index (χ1) is 9.81. The van der Waals surface area contributed by atoms with Crippen molar-refractivity contribution in [2.45, 2.75) is 15.7 Å². The molecule has 100 valence electrons. The first kappa shape index (κ1) is 13.2. The largest absolute Gasteiger partial charge is 0.399 e. The number of nitrogens with zero attached hydrogens (tertiary/aromatic N) is 1. The fraction of sp³-hybridized carbons (Fsp3) is 0.0625. The minimum Gasteiger partial charge on any atom is -0.399 e. The Morgan fingerprint density at radius 3 is 2.85 bits per heavy atom. The Hall–Kier alpha value is -1.78. The molecule has 0 unspecified atom stereocenters. The van der Waals surface area contributed by atoms with Gasteiger partial charge in [-0.1, -0.05) is 42.1 Å². The molecule has 0 fully saturated rings. The minimum atomic E-state index is 0.787. The van der Waals surface area contributed by atoms with Crippen LogP contribution in [0, 0.1) is 0 Å². The number of thiazole rings is 1. The molecule has 0 aliphatic heterocycles. The van der Waals surface area contributed by atoms with E-state index in [9.17, 15) is 0 Å². The van der Waals surface area contributed by atoms with Crippen LogP contribution >= 0.6 is 23.1 Å². The normalized spacial score (nSPS) is 14.1. The van der Waals surface area contributed by atoms with Crippen LogP contribution in [0.5, 0.6) is 0 Å². The number of aromatic nitrogens is 1. The molecule has 3 rings (SSSR count). The predicted octanol–water partition coefficient (Wildman–Crippen LogP) is 4.78. The fourth-order valence-electron chi connectivity index (χ4n) is 1.82. The Morgan fingerprint density at radius 2 is 2.00 bits per heavy atom. The lowest BCUT2D eigenvalue weighted by Gasteiger charge is -1.98. The van der Waals surface area contributed by atoms with Crippen molar-refractivity contribution in [2.75, 3.05) is 5.73 Å². The zero-order chi connectivity index (χ0) is 13.8. The molecule has 2 N–H and O–H groups in total. The summed E-state index contributed by atoms with van der Waals surface area (Å²) in [7, 11) is 0. The zero-order valence-corrected chi connectivity index (χ0v) is 12.5. The van der Waals surface area contributed by atoms with Gasteiger partial charge in [0.2, 0.25) is 0 Å². The lowest BCUT2D eigenvalue weighted by atomic mass is 10.2. The minimum absolute atomic E-state index is 0.787. The maximum absolute atomic E-state index is 5.69. The smallest absolute Gasteiger partial charge is 0.155 e. The lowest BCUT2D eigenvalue weighted by molar-refractivity contribution is 1.21. The monoisotopic (exact) mass is 298 g/mol. The summed E-state index contributed by atoms with van der Waals surface area (Å²) in [5.41, 5.74) is 8.68. The fourth-order valence-corrected chi connectivity index (χ4v) is 3.62. The number of benzene rings is 1. The molecular weight excluding hydrogens is 284 g/mol. The van der Waals surface area contributed by atoms with Crippen molar-refractivity contribution in [3.05, 3.63) is 65.7 Å². The number of rotatable bonds is 3. The highest BCUT2D eigenvalue weighted by molar-refractivity contribution is 8.01. The summed E-state index contributed by atoms with van der Waals surface area (Å²) in [6, 6.07) is 7.87. The van der Waals surface area contributed by atoms with Gasteiger partial charge >= 0.3 is 0 Å².